The minimum absolute atomic E-state index is 0.824. The summed E-state index contributed by atoms with van der Waals surface area (Å²) >= 11 is 0. The fourth-order valence-electron chi connectivity index (χ4n) is 0.883. The van der Waals surface area contributed by atoms with Gasteiger partial charge < -0.3 is 5.32 Å². The van der Waals surface area contributed by atoms with Gasteiger partial charge in [0.25, 0.3) is 0 Å². The van der Waals surface area contributed by atoms with Crippen molar-refractivity contribution in [2.75, 3.05) is 12.4 Å². The van der Waals surface area contributed by atoms with E-state index in [-0.39, 0.29) is 0 Å². The molecule has 0 radical (unpaired) electrons. The lowest BCUT2D eigenvalue weighted by atomic mass is 10.2. The van der Waals surface area contributed by atoms with Gasteiger partial charge in [-0.05, 0) is 18.6 Å². The number of nitrogens with one attached hydrogen (secondary N) is 1. The van der Waals surface area contributed by atoms with Gasteiger partial charge in [-0.3, -0.25) is 0 Å². The molecular weight excluding hydrogens is 138 g/mol. The van der Waals surface area contributed by atoms with E-state index in [4.69, 9.17) is 0 Å². The van der Waals surface area contributed by atoms with Crippen LogP contribution in [0.2, 0.25) is 0 Å². The van der Waals surface area contributed by atoms with Crippen LogP contribution >= 0.6 is 0 Å². The molecule has 3 heteroatoms. The monoisotopic (exact) mass is 151 g/mol. The van der Waals surface area contributed by atoms with Crippen LogP contribution in [0, 0.1) is 0 Å². The Bertz CT molecular complexity index is 205. The highest BCUT2D eigenvalue weighted by atomic mass is 15.2. The molecule has 0 atom stereocenters. The van der Waals surface area contributed by atoms with Crippen molar-refractivity contribution in [3.8, 4) is 0 Å². The number of anilines is 1. The highest BCUT2D eigenvalue weighted by molar-refractivity contribution is 5.31. The second kappa shape index (κ2) is 3.91. The Hall–Kier alpha value is -1.12. The van der Waals surface area contributed by atoms with E-state index in [1.165, 1.54) is 0 Å². The first-order chi connectivity index (χ1) is 5.36. The van der Waals surface area contributed by atoms with E-state index < -0.39 is 0 Å². The van der Waals surface area contributed by atoms with Crippen LogP contribution in [0.15, 0.2) is 12.1 Å². The third kappa shape index (κ3) is 2.18. The molecule has 1 N–H and O–H groups in total. The molecule has 1 rings (SSSR count). The van der Waals surface area contributed by atoms with Gasteiger partial charge in [-0.1, -0.05) is 13.3 Å². The molecule has 0 aromatic carbocycles. The highest BCUT2D eigenvalue weighted by Gasteiger charge is 1.93. The summed E-state index contributed by atoms with van der Waals surface area (Å²) in [6.07, 6.45) is 2.13. The predicted molar refractivity (Wildman–Crippen MR) is 45.6 cm³/mol. The van der Waals surface area contributed by atoms with E-state index in [0.29, 0.717) is 0 Å². The van der Waals surface area contributed by atoms with Crippen molar-refractivity contribution >= 4 is 5.82 Å². The zero-order valence-corrected chi connectivity index (χ0v) is 6.96. The summed E-state index contributed by atoms with van der Waals surface area (Å²) in [4.78, 5) is 0. The molecular formula is C8H13N3. The lowest BCUT2D eigenvalue weighted by Crippen LogP contribution is -1.97. The van der Waals surface area contributed by atoms with E-state index in [2.05, 4.69) is 22.4 Å². The molecule has 0 saturated carbocycles. The van der Waals surface area contributed by atoms with Gasteiger partial charge in [0, 0.05) is 7.05 Å². The molecule has 0 saturated heterocycles. The SMILES string of the molecule is CCCc1ccc(NC)nn1. The molecule has 0 aliphatic heterocycles. The highest BCUT2D eigenvalue weighted by Crippen LogP contribution is 2.01. The Morgan fingerprint density at radius 2 is 2.18 bits per heavy atom. The van der Waals surface area contributed by atoms with Crippen LogP contribution in [0.4, 0.5) is 5.82 Å². The van der Waals surface area contributed by atoms with Crippen LogP contribution in [0.3, 0.4) is 0 Å². The first kappa shape index (κ1) is 7.98. The molecule has 1 aromatic heterocycles. The molecule has 0 unspecified atom stereocenters. The third-order valence-corrected chi connectivity index (χ3v) is 1.48. The Labute approximate surface area is 66.8 Å². The normalized spacial score (nSPS) is 9.64. The topological polar surface area (TPSA) is 37.8 Å². The zero-order chi connectivity index (χ0) is 8.10. The van der Waals surface area contributed by atoms with Gasteiger partial charge >= 0.3 is 0 Å². The van der Waals surface area contributed by atoms with Crippen LogP contribution in [0.1, 0.15) is 19.0 Å². The maximum Gasteiger partial charge on any atom is 0.148 e. The first-order valence-electron chi connectivity index (χ1n) is 3.87. The molecule has 1 heterocycles. The molecule has 0 spiro atoms. The van der Waals surface area contributed by atoms with Gasteiger partial charge in [0.05, 0.1) is 5.69 Å². The van der Waals surface area contributed by atoms with Crippen molar-refractivity contribution < 1.29 is 0 Å². The quantitative estimate of drug-likeness (QED) is 0.710. The number of hydrogen-bond acceptors (Lipinski definition) is 3. The third-order valence-electron chi connectivity index (χ3n) is 1.48. The Balaban J connectivity index is 2.66. The molecule has 3 nitrogen and oxygen atoms in total. The van der Waals surface area contributed by atoms with Crippen molar-refractivity contribution in [2.24, 2.45) is 0 Å². The molecule has 0 amide bonds. The number of aryl methyl sites for hydroxylation is 1. The van der Waals surface area contributed by atoms with E-state index in [1.54, 1.807) is 0 Å². The van der Waals surface area contributed by atoms with Gasteiger partial charge in [0.2, 0.25) is 0 Å². The van der Waals surface area contributed by atoms with Crippen LogP contribution in [0.25, 0.3) is 0 Å². The summed E-state index contributed by atoms with van der Waals surface area (Å²) in [5, 5.41) is 10.9. The molecule has 0 fully saturated rings. The number of hydrogen-bond donors (Lipinski definition) is 1. The fraction of sp³-hybridized carbons (Fsp3) is 0.500. The summed E-state index contributed by atoms with van der Waals surface area (Å²) in [5.74, 6) is 0.824. The van der Waals surface area contributed by atoms with Crippen molar-refractivity contribution in [2.45, 2.75) is 19.8 Å². The maximum atomic E-state index is 4.03. The zero-order valence-electron chi connectivity index (χ0n) is 6.96. The van der Waals surface area contributed by atoms with Crippen molar-refractivity contribution in [3.05, 3.63) is 17.8 Å². The molecule has 60 valence electrons. The lowest BCUT2D eigenvalue weighted by molar-refractivity contribution is 0.840. The van der Waals surface area contributed by atoms with Crippen molar-refractivity contribution in [1.29, 1.82) is 0 Å². The average molecular weight is 151 g/mol. The van der Waals surface area contributed by atoms with Crippen LogP contribution < -0.4 is 5.32 Å². The van der Waals surface area contributed by atoms with Crippen LogP contribution in [-0.2, 0) is 6.42 Å². The van der Waals surface area contributed by atoms with Gasteiger partial charge in [-0.15, -0.1) is 5.10 Å². The number of nitrogens with zero attached hydrogens (tertiary/aromatic N) is 2. The summed E-state index contributed by atoms with van der Waals surface area (Å²) in [7, 11) is 1.84. The maximum absolute atomic E-state index is 4.03. The van der Waals surface area contributed by atoms with E-state index in [1.807, 2.05) is 19.2 Å². The number of aromatic nitrogens is 2. The first-order valence-corrected chi connectivity index (χ1v) is 3.87. The predicted octanol–water partition coefficient (Wildman–Crippen LogP) is 1.47. The Morgan fingerprint density at radius 1 is 1.36 bits per heavy atom. The summed E-state index contributed by atoms with van der Waals surface area (Å²) in [6.45, 7) is 2.13. The second-order valence-corrected chi connectivity index (χ2v) is 2.41. The molecule has 0 aliphatic carbocycles. The van der Waals surface area contributed by atoms with Crippen LogP contribution in [0.5, 0.6) is 0 Å². The summed E-state index contributed by atoms with van der Waals surface area (Å²) in [5.41, 5.74) is 1.06. The van der Waals surface area contributed by atoms with Crippen molar-refractivity contribution in [3.63, 3.8) is 0 Å². The van der Waals surface area contributed by atoms with Gasteiger partial charge in [0.1, 0.15) is 5.82 Å². The number of rotatable bonds is 3. The minimum Gasteiger partial charge on any atom is -0.372 e. The van der Waals surface area contributed by atoms with E-state index >= 15 is 0 Å². The molecule has 0 aliphatic rings. The van der Waals surface area contributed by atoms with Crippen molar-refractivity contribution in [1.82, 2.24) is 10.2 Å². The lowest BCUT2D eigenvalue weighted by Gasteiger charge is -1.98. The molecule has 11 heavy (non-hydrogen) atoms. The Morgan fingerprint density at radius 3 is 2.64 bits per heavy atom. The minimum atomic E-state index is 0.824. The van der Waals surface area contributed by atoms with Gasteiger partial charge in [-0.2, -0.15) is 5.10 Å². The summed E-state index contributed by atoms with van der Waals surface area (Å²) in [6, 6.07) is 3.94. The van der Waals surface area contributed by atoms with E-state index in [9.17, 15) is 0 Å². The van der Waals surface area contributed by atoms with E-state index in [0.717, 1.165) is 24.4 Å². The largest absolute Gasteiger partial charge is 0.372 e. The summed E-state index contributed by atoms with van der Waals surface area (Å²) < 4.78 is 0. The fourth-order valence-corrected chi connectivity index (χ4v) is 0.883. The standard InChI is InChI=1S/C8H13N3/c1-3-4-7-5-6-8(9-2)11-10-7/h5-6H,3-4H2,1-2H3,(H,9,11). The second-order valence-electron chi connectivity index (χ2n) is 2.41. The van der Waals surface area contributed by atoms with Gasteiger partial charge in [-0.25, -0.2) is 0 Å². The van der Waals surface area contributed by atoms with Gasteiger partial charge in [0.15, 0.2) is 0 Å². The van der Waals surface area contributed by atoms with Crippen LogP contribution in [-0.4, -0.2) is 17.2 Å². The molecule has 1 aromatic rings. The molecule has 0 bridgehead atoms. The average Bonchev–Trinajstić information content (AvgIpc) is 2.07. The smallest absolute Gasteiger partial charge is 0.148 e. The Kier molecular flexibility index (Phi) is 2.83.